The van der Waals surface area contributed by atoms with Crippen LogP contribution in [0.15, 0.2) is 72.8 Å². The summed E-state index contributed by atoms with van der Waals surface area (Å²) in [4.78, 5) is 24.6. The third-order valence-electron chi connectivity index (χ3n) is 3.79. The van der Waals surface area contributed by atoms with Gasteiger partial charge in [0.15, 0.2) is 0 Å². The van der Waals surface area contributed by atoms with Crippen LogP contribution in [-0.2, 0) is 0 Å². The van der Waals surface area contributed by atoms with Crippen molar-refractivity contribution in [2.24, 2.45) is 0 Å². The molecule has 0 fully saturated rings. The van der Waals surface area contributed by atoms with Crippen molar-refractivity contribution in [1.82, 2.24) is 0 Å². The second-order valence-electron chi connectivity index (χ2n) is 5.86. The minimum Gasteiger partial charge on any atom is -0.322 e. The summed E-state index contributed by atoms with van der Waals surface area (Å²) in [5.41, 5.74) is 3.40. The van der Waals surface area contributed by atoms with E-state index in [1.165, 1.54) is 0 Å². The molecule has 0 bridgehead atoms. The van der Waals surface area contributed by atoms with Gasteiger partial charge in [-0.2, -0.15) is 0 Å². The van der Waals surface area contributed by atoms with Crippen molar-refractivity contribution in [2.75, 3.05) is 10.6 Å². The van der Waals surface area contributed by atoms with E-state index in [-0.39, 0.29) is 11.8 Å². The molecule has 0 heterocycles. The van der Waals surface area contributed by atoms with Crippen LogP contribution in [0.4, 0.5) is 11.4 Å². The smallest absolute Gasteiger partial charge is 0.255 e. The maximum atomic E-state index is 12.3. The average Bonchev–Trinajstić information content (AvgIpc) is 2.64. The highest BCUT2D eigenvalue weighted by molar-refractivity contribution is 6.30. The Balaban J connectivity index is 1.66. The first-order valence-corrected chi connectivity index (χ1v) is 8.44. The van der Waals surface area contributed by atoms with Gasteiger partial charge in [-0.1, -0.05) is 23.7 Å². The molecule has 3 rings (SSSR count). The van der Waals surface area contributed by atoms with Crippen LogP contribution in [0.25, 0.3) is 0 Å². The third kappa shape index (κ3) is 4.49. The third-order valence-corrected chi connectivity index (χ3v) is 4.04. The predicted octanol–water partition coefficient (Wildman–Crippen LogP) is 5.15. The number of carbonyl (C=O) groups excluding carboxylic acids is 2. The fourth-order valence-electron chi connectivity index (χ4n) is 2.44. The first-order chi connectivity index (χ1) is 12.5. The number of aryl methyl sites for hydroxylation is 1. The van der Waals surface area contributed by atoms with Crippen LogP contribution in [0.1, 0.15) is 26.3 Å². The highest BCUT2D eigenvalue weighted by Gasteiger charge is 2.10. The summed E-state index contributed by atoms with van der Waals surface area (Å²) in [6.07, 6.45) is 0. The Morgan fingerprint density at radius 3 is 1.81 bits per heavy atom. The summed E-state index contributed by atoms with van der Waals surface area (Å²) in [7, 11) is 0. The molecule has 4 nitrogen and oxygen atoms in total. The van der Waals surface area contributed by atoms with Gasteiger partial charge in [-0.3, -0.25) is 9.59 Å². The molecule has 3 aromatic carbocycles. The van der Waals surface area contributed by atoms with Crippen molar-refractivity contribution >= 4 is 34.8 Å². The van der Waals surface area contributed by atoms with Gasteiger partial charge in [-0.05, 0) is 73.2 Å². The van der Waals surface area contributed by atoms with Gasteiger partial charge in [-0.15, -0.1) is 0 Å². The standard InChI is InChI=1S/C21H17ClN2O2/c1-14-3-2-4-19(13-14)24-21(26)16-7-5-15(6-8-16)20(25)23-18-11-9-17(22)10-12-18/h2-13H,1H3,(H,23,25)(H,24,26). The average molecular weight is 365 g/mol. The lowest BCUT2D eigenvalue weighted by molar-refractivity contribution is 0.101. The van der Waals surface area contributed by atoms with E-state index in [1.54, 1.807) is 48.5 Å². The molecule has 3 aromatic rings. The molecule has 2 N–H and O–H groups in total. The Morgan fingerprint density at radius 2 is 1.27 bits per heavy atom. The maximum Gasteiger partial charge on any atom is 0.255 e. The number of hydrogen-bond acceptors (Lipinski definition) is 2. The first kappa shape index (κ1) is 17.7. The van der Waals surface area contributed by atoms with Crippen molar-refractivity contribution in [2.45, 2.75) is 6.92 Å². The van der Waals surface area contributed by atoms with E-state index in [4.69, 9.17) is 11.6 Å². The molecule has 2 amide bonds. The number of rotatable bonds is 4. The van der Waals surface area contributed by atoms with Gasteiger partial charge in [0.1, 0.15) is 0 Å². The lowest BCUT2D eigenvalue weighted by Gasteiger charge is -2.08. The lowest BCUT2D eigenvalue weighted by Crippen LogP contribution is -2.14. The largest absolute Gasteiger partial charge is 0.322 e. The Labute approximate surface area is 156 Å². The van der Waals surface area contributed by atoms with Crippen LogP contribution >= 0.6 is 11.6 Å². The molecule has 0 aliphatic heterocycles. The molecule has 0 radical (unpaired) electrons. The predicted molar refractivity (Wildman–Crippen MR) is 105 cm³/mol. The van der Waals surface area contributed by atoms with Gasteiger partial charge in [-0.25, -0.2) is 0 Å². The number of halogens is 1. The summed E-state index contributed by atoms with van der Waals surface area (Å²) in [6.45, 7) is 1.96. The number of nitrogens with one attached hydrogen (secondary N) is 2. The summed E-state index contributed by atoms with van der Waals surface area (Å²) in [6, 6.07) is 20.9. The molecule has 0 saturated carbocycles. The molecular weight excluding hydrogens is 348 g/mol. The molecule has 5 heteroatoms. The van der Waals surface area contributed by atoms with E-state index in [1.807, 2.05) is 31.2 Å². The second-order valence-corrected chi connectivity index (χ2v) is 6.30. The Morgan fingerprint density at radius 1 is 0.731 bits per heavy atom. The van der Waals surface area contributed by atoms with Crippen molar-refractivity contribution in [3.63, 3.8) is 0 Å². The van der Waals surface area contributed by atoms with Gasteiger partial charge < -0.3 is 10.6 Å². The van der Waals surface area contributed by atoms with Gasteiger partial charge in [0.25, 0.3) is 11.8 Å². The van der Waals surface area contributed by atoms with Crippen LogP contribution in [0, 0.1) is 6.92 Å². The number of benzene rings is 3. The Kier molecular flexibility index (Phi) is 5.34. The summed E-state index contributed by atoms with van der Waals surface area (Å²) >= 11 is 5.83. The van der Waals surface area contributed by atoms with Crippen molar-refractivity contribution < 1.29 is 9.59 Å². The molecule has 0 atom stereocenters. The minimum atomic E-state index is -0.252. The molecule has 26 heavy (non-hydrogen) atoms. The molecule has 0 aromatic heterocycles. The molecule has 130 valence electrons. The van der Waals surface area contributed by atoms with Gasteiger partial charge in [0, 0.05) is 27.5 Å². The summed E-state index contributed by atoms with van der Waals surface area (Å²) in [5, 5.41) is 6.23. The zero-order valence-electron chi connectivity index (χ0n) is 14.1. The SMILES string of the molecule is Cc1cccc(NC(=O)c2ccc(C(=O)Nc3ccc(Cl)cc3)cc2)c1. The number of hydrogen-bond donors (Lipinski definition) is 2. The van der Waals surface area contributed by atoms with Crippen LogP contribution in [0.3, 0.4) is 0 Å². The van der Waals surface area contributed by atoms with Gasteiger partial charge >= 0.3 is 0 Å². The van der Waals surface area contributed by atoms with E-state index < -0.39 is 0 Å². The zero-order chi connectivity index (χ0) is 18.5. The van der Waals surface area contributed by atoms with E-state index in [9.17, 15) is 9.59 Å². The van der Waals surface area contributed by atoms with E-state index >= 15 is 0 Å². The fraction of sp³-hybridized carbons (Fsp3) is 0.0476. The lowest BCUT2D eigenvalue weighted by atomic mass is 10.1. The number of carbonyl (C=O) groups is 2. The molecule has 0 aliphatic rings. The monoisotopic (exact) mass is 364 g/mol. The number of anilines is 2. The van der Waals surface area contributed by atoms with Crippen LogP contribution in [0.2, 0.25) is 5.02 Å². The van der Waals surface area contributed by atoms with Crippen molar-refractivity contribution in [3.05, 3.63) is 94.5 Å². The maximum absolute atomic E-state index is 12.3. The second kappa shape index (κ2) is 7.85. The van der Waals surface area contributed by atoms with Crippen LogP contribution < -0.4 is 10.6 Å². The van der Waals surface area contributed by atoms with Crippen LogP contribution in [-0.4, -0.2) is 11.8 Å². The van der Waals surface area contributed by atoms with Gasteiger partial charge in [0.2, 0.25) is 0 Å². The molecule has 0 spiro atoms. The number of amides is 2. The summed E-state index contributed by atoms with van der Waals surface area (Å²) < 4.78 is 0. The molecule has 0 aliphatic carbocycles. The van der Waals surface area contributed by atoms with Crippen LogP contribution in [0.5, 0.6) is 0 Å². The molecular formula is C21H17ClN2O2. The highest BCUT2D eigenvalue weighted by Crippen LogP contribution is 2.16. The minimum absolute atomic E-state index is 0.222. The van der Waals surface area contributed by atoms with Gasteiger partial charge in [0.05, 0.1) is 0 Å². The van der Waals surface area contributed by atoms with E-state index in [0.29, 0.717) is 21.8 Å². The fourth-order valence-corrected chi connectivity index (χ4v) is 2.56. The first-order valence-electron chi connectivity index (χ1n) is 8.06. The summed E-state index contributed by atoms with van der Waals surface area (Å²) in [5.74, 6) is -0.474. The van der Waals surface area contributed by atoms with Crippen molar-refractivity contribution in [3.8, 4) is 0 Å². The Bertz CT molecular complexity index is 935. The normalized spacial score (nSPS) is 10.2. The zero-order valence-corrected chi connectivity index (χ0v) is 14.9. The quantitative estimate of drug-likeness (QED) is 0.672. The van der Waals surface area contributed by atoms with Crippen molar-refractivity contribution in [1.29, 1.82) is 0 Å². The Hall–Kier alpha value is -3.11. The van der Waals surface area contributed by atoms with E-state index in [0.717, 1.165) is 11.3 Å². The molecule has 0 unspecified atom stereocenters. The highest BCUT2D eigenvalue weighted by atomic mass is 35.5. The van der Waals surface area contributed by atoms with E-state index in [2.05, 4.69) is 10.6 Å². The topological polar surface area (TPSA) is 58.2 Å². The molecule has 0 saturated heterocycles.